The number of benzene rings is 2. The van der Waals surface area contributed by atoms with Crippen LogP contribution in [0.4, 0.5) is 11.6 Å². The highest BCUT2D eigenvalue weighted by atomic mass is 32.1. The summed E-state index contributed by atoms with van der Waals surface area (Å²) < 4.78 is 0. The van der Waals surface area contributed by atoms with Crippen LogP contribution in [0, 0.1) is 12.3 Å². The minimum Gasteiger partial charge on any atom is -0.507 e. The Labute approximate surface area is 353 Å². The van der Waals surface area contributed by atoms with Gasteiger partial charge in [0.2, 0.25) is 17.7 Å². The maximum atomic E-state index is 14.2. The van der Waals surface area contributed by atoms with E-state index in [9.17, 15) is 24.6 Å². The molecule has 0 bridgehead atoms. The average molecular weight is 833 g/mol. The Bertz CT molecular complexity index is 2320. The quantitative estimate of drug-likeness (QED) is 0.126. The van der Waals surface area contributed by atoms with Crippen molar-refractivity contribution in [1.29, 1.82) is 0 Å². The van der Waals surface area contributed by atoms with Crippen LogP contribution < -0.4 is 21.3 Å². The summed E-state index contributed by atoms with van der Waals surface area (Å²) in [5, 5.41) is 35.3. The van der Waals surface area contributed by atoms with E-state index in [4.69, 9.17) is 10.7 Å². The maximum Gasteiger partial charge on any atom is 0.246 e. The number of β-amino-alcohol motifs (C(OH)–C–C–N with tert-alkyl or cyclic N) is 1. The third-order valence-electron chi connectivity index (χ3n) is 11.2. The number of phenolic OH excluding ortho intramolecular Hbond substituents is 1. The van der Waals surface area contributed by atoms with Gasteiger partial charge in [0.05, 0.1) is 40.5 Å². The Balaban J connectivity index is 0.932. The maximum absolute atomic E-state index is 14.2. The van der Waals surface area contributed by atoms with Crippen LogP contribution in [0.2, 0.25) is 0 Å². The number of rotatable bonds is 11. The third-order valence-corrected chi connectivity index (χ3v) is 12.2. The zero-order valence-corrected chi connectivity index (χ0v) is 35.3. The van der Waals surface area contributed by atoms with E-state index < -0.39 is 29.5 Å². The lowest BCUT2D eigenvalue weighted by Crippen LogP contribution is -2.59. The van der Waals surface area contributed by atoms with Crippen LogP contribution in [-0.4, -0.2) is 115 Å². The number of pyridine rings is 1. The molecule has 0 radical (unpaired) electrons. The summed E-state index contributed by atoms with van der Waals surface area (Å²) in [6.45, 7) is 12.1. The minimum absolute atomic E-state index is 0.000266. The number of carbonyl (C=O) groups is 3. The highest BCUT2D eigenvalue weighted by Crippen LogP contribution is 2.33. The number of aromatic nitrogens is 4. The predicted molar refractivity (Wildman–Crippen MR) is 232 cm³/mol. The molecule has 2 aromatic carbocycles. The van der Waals surface area contributed by atoms with Gasteiger partial charge in [0, 0.05) is 62.0 Å². The largest absolute Gasteiger partial charge is 0.507 e. The molecule has 2 aliphatic rings. The molecule has 16 heteroatoms. The van der Waals surface area contributed by atoms with Crippen LogP contribution in [-0.2, 0) is 14.4 Å². The van der Waals surface area contributed by atoms with Gasteiger partial charge in [0.1, 0.15) is 23.7 Å². The number of aryl methyl sites for hydroxylation is 1. The Morgan fingerprint density at radius 1 is 0.933 bits per heavy atom. The van der Waals surface area contributed by atoms with E-state index in [-0.39, 0.29) is 48.9 Å². The smallest absolute Gasteiger partial charge is 0.246 e. The molecule has 314 valence electrons. The molecule has 0 saturated carbocycles. The first-order valence-electron chi connectivity index (χ1n) is 20.1. The second-order valence-corrected chi connectivity index (χ2v) is 17.5. The van der Waals surface area contributed by atoms with Gasteiger partial charge < -0.3 is 36.4 Å². The van der Waals surface area contributed by atoms with E-state index in [0.717, 1.165) is 33.1 Å². The number of nitrogens with zero attached hydrogens (tertiary/aromatic N) is 7. The Morgan fingerprint density at radius 2 is 1.65 bits per heavy atom. The van der Waals surface area contributed by atoms with Gasteiger partial charge in [-0.05, 0) is 60.7 Å². The van der Waals surface area contributed by atoms with E-state index in [1.165, 1.54) is 4.90 Å². The van der Waals surface area contributed by atoms with Crippen molar-refractivity contribution >= 4 is 40.7 Å². The fourth-order valence-electron chi connectivity index (χ4n) is 7.75. The van der Waals surface area contributed by atoms with Crippen molar-refractivity contribution in [2.75, 3.05) is 49.9 Å². The topological polar surface area (TPSA) is 203 Å². The van der Waals surface area contributed by atoms with Crippen molar-refractivity contribution in [2.24, 2.45) is 5.41 Å². The number of anilines is 2. The van der Waals surface area contributed by atoms with Crippen molar-refractivity contribution in [3.8, 4) is 38.6 Å². The first-order valence-corrected chi connectivity index (χ1v) is 21.0. The second kappa shape index (κ2) is 17.7. The summed E-state index contributed by atoms with van der Waals surface area (Å²) in [6, 6.07) is 18.4. The Hall–Kier alpha value is -5.97. The number of nitrogen functional groups attached to an aromatic ring is 1. The average Bonchev–Trinajstić information content (AvgIpc) is 3.85. The van der Waals surface area contributed by atoms with Crippen LogP contribution in [0.5, 0.6) is 5.75 Å². The molecule has 7 rings (SSSR count). The fraction of sp³-hybridized carbons (Fsp3) is 0.386. The van der Waals surface area contributed by atoms with Crippen LogP contribution >= 0.6 is 11.3 Å². The van der Waals surface area contributed by atoms with E-state index in [2.05, 4.69) is 30.7 Å². The Kier molecular flexibility index (Phi) is 12.4. The van der Waals surface area contributed by atoms with Crippen LogP contribution in [0.25, 0.3) is 32.8 Å². The molecule has 4 atom stereocenters. The number of nitrogens with two attached hydrogens (primary N) is 1. The molecule has 0 aliphatic carbocycles. The minimum atomic E-state index is -0.922. The number of para-hydroxylation sites is 1. The van der Waals surface area contributed by atoms with Crippen LogP contribution in [0.3, 0.4) is 0 Å². The predicted octanol–water partition coefficient (Wildman–Crippen LogP) is 4.42. The highest BCUT2D eigenvalue weighted by Gasteiger charge is 2.45. The number of phenols is 1. The van der Waals surface area contributed by atoms with Gasteiger partial charge >= 0.3 is 0 Å². The number of amides is 3. The molecule has 5 heterocycles. The molecule has 3 amide bonds. The van der Waals surface area contributed by atoms with E-state index in [0.29, 0.717) is 43.0 Å². The summed E-state index contributed by atoms with van der Waals surface area (Å²) in [6.07, 6.45) is 0.976. The van der Waals surface area contributed by atoms with Gasteiger partial charge in [-0.25, -0.2) is 9.97 Å². The van der Waals surface area contributed by atoms with Gasteiger partial charge in [-0.1, -0.05) is 57.2 Å². The lowest BCUT2D eigenvalue weighted by Gasteiger charge is -2.37. The number of nitrogens with one attached hydrogen (secondary N) is 2. The molecule has 2 aliphatic heterocycles. The normalized spacial score (nSPS) is 18.2. The number of hydrogen-bond donors (Lipinski definition) is 5. The molecular formula is C44H52N10O5S. The summed E-state index contributed by atoms with van der Waals surface area (Å²) in [4.78, 5) is 57.2. The zero-order valence-electron chi connectivity index (χ0n) is 34.5. The number of thiazole rings is 1. The molecule has 0 unspecified atom stereocenters. The number of aliphatic hydroxyl groups excluding tert-OH is 1. The SMILES string of the molecule is Cc1ncsc1-c1ccc([C@H](C)NC(=O)[C@@H]2C[C@@H](O)CN2C(=O)[C@@H](NC(=O)CN2CCN(c3ccc(-c4cc(-c5ccccc5O)nnc4N)cn3)CC2)C(C)(C)C)cc1. The number of aliphatic hydroxyl groups is 1. The third kappa shape index (κ3) is 9.40. The number of piperazine rings is 1. The molecule has 5 aromatic rings. The number of carbonyl (C=O) groups excluding carboxylic acids is 3. The van der Waals surface area contributed by atoms with Crippen molar-refractivity contribution in [3.05, 3.63) is 89.7 Å². The molecule has 60 heavy (non-hydrogen) atoms. The van der Waals surface area contributed by atoms with Gasteiger partial charge in [-0.3, -0.25) is 19.3 Å². The van der Waals surface area contributed by atoms with E-state index >= 15 is 0 Å². The lowest BCUT2D eigenvalue weighted by atomic mass is 9.85. The summed E-state index contributed by atoms with van der Waals surface area (Å²) in [7, 11) is 0. The van der Waals surface area contributed by atoms with Crippen molar-refractivity contribution in [2.45, 2.75) is 65.3 Å². The molecule has 2 fully saturated rings. The van der Waals surface area contributed by atoms with Crippen molar-refractivity contribution < 1.29 is 24.6 Å². The van der Waals surface area contributed by atoms with Crippen molar-refractivity contribution in [1.82, 2.24) is 40.6 Å². The van der Waals surface area contributed by atoms with Gasteiger partial charge in [-0.2, -0.15) is 0 Å². The van der Waals surface area contributed by atoms with Crippen LogP contribution in [0.15, 0.2) is 78.4 Å². The highest BCUT2D eigenvalue weighted by molar-refractivity contribution is 7.13. The van der Waals surface area contributed by atoms with Gasteiger partial charge in [0.15, 0.2) is 5.82 Å². The van der Waals surface area contributed by atoms with Gasteiger partial charge in [-0.15, -0.1) is 21.5 Å². The van der Waals surface area contributed by atoms with Crippen molar-refractivity contribution in [3.63, 3.8) is 0 Å². The lowest BCUT2D eigenvalue weighted by molar-refractivity contribution is -0.144. The monoisotopic (exact) mass is 832 g/mol. The van der Waals surface area contributed by atoms with Gasteiger partial charge in [0.25, 0.3) is 0 Å². The standard InChI is InChI=1S/C44H52N10O5S/c1-26(28-10-12-29(13-11-28)39-27(2)47-25-60-39)48-42(58)35-20-31(55)23-54(35)43(59)40(44(3,4)5)49-38(57)24-52-16-18-53(19-17-52)37-15-14-30(22-46-37)33-21-34(50-51-41(33)45)32-8-6-7-9-36(32)56/h6-15,21-22,25-26,31,35,40,55-56H,16-20,23-24H2,1-5H3,(H2,45,51)(H,48,58)(H,49,57)/t26-,31+,35-,40+/m0/s1. The summed E-state index contributed by atoms with van der Waals surface area (Å²) in [5.41, 5.74) is 12.7. The molecule has 6 N–H and O–H groups in total. The van der Waals surface area contributed by atoms with Crippen LogP contribution in [0.1, 0.15) is 51.4 Å². The zero-order chi connectivity index (χ0) is 42.7. The number of hydrogen-bond acceptors (Lipinski definition) is 13. The molecular weight excluding hydrogens is 781 g/mol. The first-order chi connectivity index (χ1) is 28.7. The first kappa shape index (κ1) is 42.2. The second-order valence-electron chi connectivity index (χ2n) is 16.6. The Morgan fingerprint density at radius 3 is 2.30 bits per heavy atom. The molecule has 3 aromatic heterocycles. The number of aromatic hydroxyl groups is 1. The summed E-state index contributed by atoms with van der Waals surface area (Å²) in [5.74, 6) is 0.0796. The summed E-state index contributed by atoms with van der Waals surface area (Å²) >= 11 is 1.58. The van der Waals surface area contributed by atoms with E-state index in [1.54, 1.807) is 41.8 Å². The number of likely N-dealkylation sites (tertiary alicyclic amines) is 1. The van der Waals surface area contributed by atoms with E-state index in [1.807, 2.05) is 87.5 Å². The molecule has 0 spiro atoms. The fourth-order valence-corrected chi connectivity index (χ4v) is 8.56. The molecule has 15 nitrogen and oxygen atoms in total. The molecule has 2 saturated heterocycles.